The number of hydrogen-bond donors (Lipinski definition) is 2. The first-order valence-corrected chi connectivity index (χ1v) is 7.97. The summed E-state index contributed by atoms with van der Waals surface area (Å²) < 4.78 is 7.71. The number of nitrogens with zero attached hydrogens (tertiary/aromatic N) is 4. The first-order valence-electron chi connectivity index (χ1n) is 7.97. The third-order valence-corrected chi connectivity index (χ3v) is 3.79. The Morgan fingerprint density at radius 3 is 2.58 bits per heavy atom. The molecule has 4 N–H and O–H groups in total. The summed E-state index contributed by atoms with van der Waals surface area (Å²) >= 11 is 0. The number of fused-ring (bicyclic) bond motifs is 1. The fourth-order valence-corrected chi connectivity index (χ4v) is 2.64. The Labute approximate surface area is 149 Å². The molecule has 0 amide bonds. The van der Waals surface area contributed by atoms with E-state index < -0.39 is 0 Å². The van der Waals surface area contributed by atoms with Gasteiger partial charge in [-0.3, -0.25) is 0 Å². The molecular formula is C19H16N6O. The molecule has 0 atom stereocenters. The molecule has 0 radical (unpaired) electrons. The van der Waals surface area contributed by atoms with E-state index in [0.717, 1.165) is 22.2 Å². The normalized spacial score (nSPS) is 11.2. The number of benzene rings is 2. The number of furan rings is 1. The quantitative estimate of drug-likeness (QED) is 0.337. The molecule has 0 fully saturated rings. The Morgan fingerprint density at radius 1 is 1.04 bits per heavy atom. The lowest BCUT2D eigenvalue weighted by Crippen LogP contribution is -2.21. The second-order valence-electron chi connectivity index (χ2n) is 5.63. The highest BCUT2D eigenvalue weighted by Gasteiger charge is 2.15. The molecule has 0 aliphatic heterocycles. The molecule has 0 unspecified atom stereocenters. The SMILES string of the molecule is NC(N)=NN=Cc1cn(-c2ccccc2)nc1-c1cc2ccccc2o1. The monoisotopic (exact) mass is 344 g/mol. The third kappa shape index (κ3) is 3.05. The van der Waals surface area contributed by atoms with Gasteiger partial charge in [-0.1, -0.05) is 36.4 Å². The van der Waals surface area contributed by atoms with Crippen LogP contribution in [-0.4, -0.2) is 22.0 Å². The number of nitrogens with two attached hydrogens (primary N) is 2. The summed E-state index contributed by atoms with van der Waals surface area (Å²) in [4.78, 5) is 0. The van der Waals surface area contributed by atoms with Gasteiger partial charge in [-0.25, -0.2) is 4.68 Å². The maximum Gasteiger partial charge on any atom is 0.211 e. The zero-order valence-corrected chi connectivity index (χ0v) is 13.8. The molecule has 2 aromatic carbocycles. The van der Waals surface area contributed by atoms with Crippen LogP contribution in [0.25, 0.3) is 28.1 Å². The summed E-state index contributed by atoms with van der Waals surface area (Å²) in [6.07, 6.45) is 3.40. The molecule has 0 aliphatic rings. The van der Waals surface area contributed by atoms with Crippen LogP contribution in [0, 0.1) is 0 Å². The van der Waals surface area contributed by atoms with Crippen LogP contribution < -0.4 is 11.5 Å². The number of para-hydroxylation sites is 2. The van der Waals surface area contributed by atoms with Gasteiger partial charge < -0.3 is 15.9 Å². The van der Waals surface area contributed by atoms with Gasteiger partial charge in [0.25, 0.3) is 0 Å². The predicted octanol–water partition coefficient (Wildman–Crippen LogP) is 2.89. The number of rotatable bonds is 4. The predicted molar refractivity (Wildman–Crippen MR) is 102 cm³/mol. The van der Waals surface area contributed by atoms with Gasteiger partial charge in [0.1, 0.15) is 11.3 Å². The second kappa shape index (κ2) is 6.56. The van der Waals surface area contributed by atoms with Gasteiger partial charge >= 0.3 is 0 Å². The Hall–Kier alpha value is -3.87. The number of aromatic nitrogens is 2. The molecule has 2 heterocycles. The van der Waals surface area contributed by atoms with E-state index in [1.807, 2.05) is 66.9 Å². The van der Waals surface area contributed by atoms with E-state index in [-0.39, 0.29) is 5.96 Å². The summed E-state index contributed by atoms with van der Waals surface area (Å²) in [6, 6.07) is 19.5. The lowest BCUT2D eigenvalue weighted by atomic mass is 10.2. The number of hydrogen-bond acceptors (Lipinski definition) is 4. The van der Waals surface area contributed by atoms with Crippen LogP contribution >= 0.6 is 0 Å². The van der Waals surface area contributed by atoms with Crippen molar-refractivity contribution in [1.29, 1.82) is 0 Å². The van der Waals surface area contributed by atoms with Crippen molar-refractivity contribution >= 4 is 23.1 Å². The average molecular weight is 344 g/mol. The van der Waals surface area contributed by atoms with Crippen molar-refractivity contribution in [2.24, 2.45) is 21.7 Å². The summed E-state index contributed by atoms with van der Waals surface area (Å²) in [5, 5.41) is 13.2. The fourth-order valence-electron chi connectivity index (χ4n) is 2.64. The van der Waals surface area contributed by atoms with Crippen LogP contribution in [0.15, 0.2) is 81.5 Å². The molecule has 7 nitrogen and oxygen atoms in total. The van der Waals surface area contributed by atoms with Gasteiger partial charge in [-0.05, 0) is 24.3 Å². The highest BCUT2D eigenvalue weighted by Crippen LogP contribution is 2.29. The molecule has 4 rings (SSSR count). The van der Waals surface area contributed by atoms with Crippen molar-refractivity contribution in [3.05, 3.63) is 72.4 Å². The number of guanidine groups is 1. The van der Waals surface area contributed by atoms with Gasteiger partial charge in [0, 0.05) is 17.1 Å². The minimum Gasteiger partial charge on any atom is -0.454 e. The summed E-state index contributed by atoms with van der Waals surface area (Å²) in [5.41, 5.74) is 13.8. The van der Waals surface area contributed by atoms with Crippen LogP contribution in [0.4, 0.5) is 0 Å². The van der Waals surface area contributed by atoms with E-state index in [0.29, 0.717) is 11.5 Å². The molecular weight excluding hydrogens is 328 g/mol. The van der Waals surface area contributed by atoms with E-state index in [1.165, 1.54) is 0 Å². The van der Waals surface area contributed by atoms with Crippen molar-refractivity contribution < 1.29 is 4.42 Å². The van der Waals surface area contributed by atoms with Gasteiger partial charge in [0.2, 0.25) is 5.96 Å². The third-order valence-electron chi connectivity index (χ3n) is 3.79. The van der Waals surface area contributed by atoms with Crippen LogP contribution in [0.2, 0.25) is 0 Å². The molecule has 4 aromatic rings. The molecule has 0 saturated heterocycles. The highest BCUT2D eigenvalue weighted by molar-refractivity contribution is 5.91. The Balaban J connectivity index is 1.84. The van der Waals surface area contributed by atoms with Crippen molar-refractivity contribution in [2.75, 3.05) is 0 Å². The van der Waals surface area contributed by atoms with Crippen molar-refractivity contribution in [3.8, 4) is 17.1 Å². The molecule has 128 valence electrons. The molecule has 0 saturated carbocycles. The van der Waals surface area contributed by atoms with Gasteiger partial charge in [-0.15, -0.1) is 5.10 Å². The van der Waals surface area contributed by atoms with Gasteiger partial charge in [0.15, 0.2) is 5.76 Å². The van der Waals surface area contributed by atoms with E-state index in [2.05, 4.69) is 15.3 Å². The molecule has 0 aliphatic carbocycles. The average Bonchev–Trinajstić information content (AvgIpc) is 3.26. The second-order valence-corrected chi connectivity index (χ2v) is 5.63. The van der Waals surface area contributed by atoms with Gasteiger partial charge in [0.05, 0.1) is 11.9 Å². The molecule has 0 spiro atoms. The standard InChI is InChI=1S/C19H16N6O/c20-19(21)23-22-11-14-12-25(15-7-2-1-3-8-15)24-18(14)17-10-13-6-4-5-9-16(13)26-17/h1-12H,(H4,20,21,23). The van der Waals surface area contributed by atoms with E-state index >= 15 is 0 Å². The first-order chi connectivity index (χ1) is 12.7. The maximum absolute atomic E-state index is 5.95. The molecule has 7 heteroatoms. The van der Waals surface area contributed by atoms with Crippen LogP contribution in [0.5, 0.6) is 0 Å². The Morgan fingerprint density at radius 2 is 1.81 bits per heavy atom. The fraction of sp³-hybridized carbons (Fsp3) is 0. The maximum atomic E-state index is 5.95. The van der Waals surface area contributed by atoms with Crippen LogP contribution in [-0.2, 0) is 0 Å². The Bertz CT molecular complexity index is 1070. The smallest absolute Gasteiger partial charge is 0.211 e. The highest BCUT2D eigenvalue weighted by atomic mass is 16.3. The largest absolute Gasteiger partial charge is 0.454 e. The van der Waals surface area contributed by atoms with Gasteiger partial charge in [-0.2, -0.15) is 10.2 Å². The molecule has 2 aromatic heterocycles. The minimum absolute atomic E-state index is 0.109. The van der Waals surface area contributed by atoms with Crippen molar-refractivity contribution in [3.63, 3.8) is 0 Å². The van der Waals surface area contributed by atoms with Crippen LogP contribution in [0.3, 0.4) is 0 Å². The first kappa shape index (κ1) is 15.6. The summed E-state index contributed by atoms with van der Waals surface area (Å²) in [7, 11) is 0. The molecule has 26 heavy (non-hydrogen) atoms. The van der Waals surface area contributed by atoms with E-state index in [9.17, 15) is 0 Å². The van der Waals surface area contributed by atoms with E-state index in [4.69, 9.17) is 15.9 Å². The summed E-state index contributed by atoms with van der Waals surface area (Å²) in [6.45, 7) is 0. The van der Waals surface area contributed by atoms with Crippen molar-refractivity contribution in [1.82, 2.24) is 9.78 Å². The topological polar surface area (TPSA) is 108 Å². The lowest BCUT2D eigenvalue weighted by Gasteiger charge is -1.98. The van der Waals surface area contributed by atoms with Crippen molar-refractivity contribution in [2.45, 2.75) is 0 Å². The van der Waals surface area contributed by atoms with Crippen LogP contribution in [0.1, 0.15) is 5.56 Å². The lowest BCUT2D eigenvalue weighted by molar-refractivity contribution is 0.627. The zero-order chi connectivity index (χ0) is 17.9. The molecule has 0 bridgehead atoms. The zero-order valence-electron chi connectivity index (χ0n) is 13.8. The van der Waals surface area contributed by atoms with E-state index in [1.54, 1.807) is 10.9 Å². The minimum atomic E-state index is -0.109. The summed E-state index contributed by atoms with van der Waals surface area (Å²) in [5.74, 6) is 0.536. The Kier molecular flexibility index (Phi) is 3.95.